The van der Waals surface area contributed by atoms with Crippen molar-refractivity contribution in [1.82, 2.24) is 0 Å². The molecule has 2 aliphatic heterocycles. The van der Waals surface area contributed by atoms with Gasteiger partial charge in [-0.2, -0.15) is 0 Å². The lowest BCUT2D eigenvalue weighted by atomic mass is 10.0. The highest BCUT2D eigenvalue weighted by Gasteiger charge is 2.18. The Labute approximate surface area is 128 Å². The van der Waals surface area contributed by atoms with Crippen LogP contribution in [0.15, 0.2) is 18.2 Å². The van der Waals surface area contributed by atoms with Crippen LogP contribution in [-0.2, 0) is 4.74 Å². The Kier molecular flexibility index (Phi) is 4.84. The van der Waals surface area contributed by atoms with Crippen molar-refractivity contribution in [1.29, 1.82) is 0 Å². The molecule has 0 radical (unpaired) electrons. The third-order valence-corrected chi connectivity index (χ3v) is 4.93. The Morgan fingerprint density at radius 3 is 2.75 bits per heavy atom. The first-order valence-corrected chi connectivity index (χ1v) is 8.40. The van der Waals surface area contributed by atoms with E-state index in [-0.39, 0.29) is 0 Å². The molecule has 0 saturated carbocycles. The first-order valence-electron chi connectivity index (χ1n) is 7.48. The highest BCUT2D eigenvalue weighted by Crippen LogP contribution is 2.37. The molecular formula is C16H21BrO3. The highest BCUT2D eigenvalue weighted by molar-refractivity contribution is 9.09. The molecule has 1 aromatic carbocycles. The van der Waals surface area contributed by atoms with Gasteiger partial charge in [-0.05, 0) is 49.8 Å². The molecule has 20 heavy (non-hydrogen) atoms. The number of rotatable bonds is 4. The summed E-state index contributed by atoms with van der Waals surface area (Å²) in [4.78, 5) is 0.351. The van der Waals surface area contributed by atoms with E-state index < -0.39 is 0 Å². The topological polar surface area (TPSA) is 27.7 Å². The van der Waals surface area contributed by atoms with Gasteiger partial charge in [0.15, 0.2) is 11.5 Å². The lowest BCUT2D eigenvalue weighted by Gasteiger charge is -2.24. The molecule has 0 amide bonds. The zero-order valence-corrected chi connectivity index (χ0v) is 13.2. The number of hydrogen-bond acceptors (Lipinski definition) is 3. The van der Waals surface area contributed by atoms with Crippen LogP contribution in [0.2, 0.25) is 0 Å². The van der Waals surface area contributed by atoms with Crippen LogP contribution < -0.4 is 9.47 Å². The summed E-state index contributed by atoms with van der Waals surface area (Å²) < 4.78 is 17.0. The summed E-state index contributed by atoms with van der Waals surface area (Å²) in [5.41, 5.74) is 1.25. The smallest absolute Gasteiger partial charge is 0.161 e. The van der Waals surface area contributed by atoms with Crippen LogP contribution in [0.3, 0.4) is 0 Å². The summed E-state index contributed by atoms with van der Waals surface area (Å²) in [6, 6.07) is 6.22. The van der Waals surface area contributed by atoms with E-state index in [0.29, 0.717) is 24.1 Å². The molecule has 4 heteroatoms. The normalized spacial score (nSPS) is 23.4. The quantitative estimate of drug-likeness (QED) is 0.767. The van der Waals surface area contributed by atoms with Crippen molar-refractivity contribution in [2.24, 2.45) is 0 Å². The van der Waals surface area contributed by atoms with E-state index in [1.807, 2.05) is 6.07 Å². The number of alkyl halides is 1. The maximum Gasteiger partial charge on any atom is 0.161 e. The summed E-state index contributed by atoms with van der Waals surface area (Å²) in [6.07, 6.45) is 6.38. The molecule has 2 atom stereocenters. The molecule has 1 aromatic rings. The Morgan fingerprint density at radius 2 is 1.95 bits per heavy atom. The fourth-order valence-corrected chi connectivity index (χ4v) is 3.34. The second-order valence-corrected chi connectivity index (χ2v) is 6.54. The van der Waals surface area contributed by atoms with Crippen LogP contribution in [-0.4, -0.2) is 25.9 Å². The predicted molar refractivity (Wildman–Crippen MR) is 81.9 cm³/mol. The Hall–Kier alpha value is -0.740. The van der Waals surface area contributed by atoms with E-state index in [9.17, 15) is 0 Å². The van der Waals surface area contributed by atoms with Gasteiger partial charge in [0, 0.05) is 11.4 Å². The van der Waals surface area contributed by atoms with Crippen molar-refractivity contribution < 1.29 is 14.2 Å². The number of benzene rings is 1. The van der Waals surface area contributed by atoms with Crippen LogP contribution in [0.25, 0.3) is 0 Å². The molecule has 1 saturated heterocycles. The van der Waals surface area contributed by atoms with Crippen molar-refractivity contribution in [3.63, 3.8) is 0 Å². The largest absolute Gasteiger partial charge is 0.486 e. The standard InChI is InChI=1S/C16H21BrO3/c17-14(6-5-13-3-1-2-8-18-13)12-4-7-15-16(11-12)20-10-9-19-15/h4,7,11,13-14H,1-3,5-6,8-10H2. The van der Waals surface area contributed by atoms with Crippen molar-refractivity contribution in [2.75, 3.05) is 19.8 Å². The summed E-state index contributed by atoms with van der Waals surface area (Å²) in [7, 11) is 0. The maximum atomic E-state index is 5.79. The van der Waals surface area contributed by atoms with Gasteiger partial charge in [0.2, 0.25) is 0 Å². The maximum absolute atomic E-state index is 5.79. The van der Waals surface area contributed by atoms with Crippen LogP contribution in [0.5, 0.6) is 11.5 Å². The van der Waals surface area contributed by atoms with Gasteiger partial charge < -0.3 is 14.2 Å². The third kappa shape index (κ3) is 3.47. The van der Waals surface area contributed by atoms with Crippen LogP contribution in [0.1, 0.15) is 42.5 Å². The van der Waals surface area contributed by atoms with E-state index in [0.717, 1.165) is 30.9 Å². The molecule has 2 unspecified atom stereocenters. The molecule has 0 N–H and O–H groups in total. The molecule has 110 valence electrons. The lowest BCUT2D eigenvalue weighted by molar-refractivity contribution is 0.0102. The summed E-state index contributed by atoms with van der Waals surface area (Å²) in [6.45, 7) is 2.21. The highest BCUT2D eigenvalue weighted by atomic mass is 79.9. The first-order chi connectivity index (χ1) is 9.83. The third-order valence-electron chi connectivity index (χ3n) is 3.94. The first kappa shape index (κ1) is 14.2. The fraction of sp³-hybridized carbons (Fsp3) is 0.625. The average molecular weight is 341 g/mol. The average Bonchev–Trinajstić information content (AvgIpc) is 2.53. The minimum absolute atomic E-state index is 0.351. The molecule has 3 nitrogen and oxygen atoms in total. The van der Waals surface area contributed by atoms with E-state index in [1.54, 1.807) is 0 Å². The van der Waals surface area contributed by atoms with Gasteiger partial charge in [-0.15, -0.1) is 0 Å². The van der Waals surface area contributed by atoms with Gasteiger partial charge in [0.1, 0.15) is 13.2 Å². The zero-order valence-electron chi connectivity index (χ0n) is 11.6. The van der Waals surface area contributed by atoms with E-state index in [1.165, 1.54) is 24.8 Å². The molecule has 2 heterocycles. The Morgan fingerprint density at radius 1 is 1.10 bits per heavy atom. The van der Waals surface area contributed by atoms with E-state index in [4.69, 9.17) is 14.2 Å². The fourth-order valence-electron chi connectivity index (χ4n) is 2.79. The summed E-state index contributed by atoms with van der Waals surface area (Å²) in [5, 5.41) is 0. The summed E-state index contributed by atoms with van der Waals surface area (Å²) >= 11 is 3.79. The van der Waals surface area contributed by atoms with Crippen LogP contribution in [0, 0.1) is 0 Å². The minimum atomic E-state index is 0.351. The van der Waals surface area contributed by atoms with Gasteiger partial charge in [-0.25, -0.2) is 0 Å². The van der Waals surface area contributed by atoms with Gasteiger partial charge in [0.25, 0.3) is 0 Å². The van der Waals surface area contributed by atoms with E-state index in [2.05, 4.69) is 28.1 Å². The number of fused-ring (bicyclic) bond motifs is 1. The molecule has 2 aliphatic rings. The van der Waals surface area contributed by atoms with Gasteiger partial charge >= 0.3 is 0 Å². The van der Waals surface area contributed by atoms with Crippen LogP contribution >= 0.6 is 15.9 Å². The molecular weight excluding hydrogens is 320 g/mol. The lowest BCUT2D eigenvalue weighted by Crippen LogP contribution is -2.19. The monoisotopic (exact) mass is 340 g/mol. The van der Waals surface area contributed by atoms with Crippen molar-refractivity contribution in [2.45, 2.75) is 43.0 Å². The molecule has 0 bridgehead atoms. The molecule has 3 rings (SSSR count). The SMILES string of the molecule is BrC(CCC1CCCCO1)c1ccc2c(c1)OCCO2. The van der Waals surface area contributed by atoms with Crippen LogP contribution in [0.4, 0.5) is 0 Å². The Bertz CT molecular complexity index is 443. The van der Waals surface area contributed by atoms with E-state index >= 15 is 0 Å². The molecule has 1 fully saturated rings. The Balaban J connectivity index is 1.57. The minimum Gasteiger partial charge on any atom is -0.486 e. The van der Waals surface area contributed by atoms with Crippen molar-refractivity contribution in [3.8, 4) is 11.5 Å². The summed E-state index contributed by atoms with van der Waals surface area (Å²) in [5.74, 6) is 1.72. The second kappa shape index (κ2) is 6.81. The zero-order chi connectivity index (χ0) is 13.8. The number of hydrogen-bond donors (Lipinski definition) is 0. The molecule has 0 aliphatic carbocycles. The molecule has 0 aromatic heterocycles. The number of halogens is 1. The van der Waals surface area contributed by atoms with Crippen molar-refractivity contribution >= 4 is 15.9 Å². The van der Waals surface area contributed by atoms with Gasteiger partial charge in [0.05, 0.1) is 6.10 Å². The van der Waals surface area contributed by atoms with Gasteiger partial charge in [-0.3, -0.25) is 0 Å². The van der Waals surface area contributed by atoms with Gasteiger partial charge in [-0.1, -0.05) is 22.0 Å². The second-order valence-electron chi connectivity index (χ2n) is 5.44. The predicted octanol–water partition coefficient (Wildman–Crippen LogP) is 4.24. The van der Waals surface area contributed by atoms with Crippen molar-refractivity contribution in [3.05, 3.63) is 23.8 Å². The number of ether oxygens (including phenoxy) is 3. The molecule has 0 spiro atoms.